The van der Waals surface area contributed by atoms with Gasteiger partial charge in [0.05, 0.1) is 32.9 Å². The number of carbonyl (C=O) groups excluding carboxylic acids is 2. The third-order valence-corrected chi connectivity index (χ3v) is 5.01. The van der Waals surface area contributed by atoms with Gasteiger partial charge in [-0.15, -0.1) is 0 Å². The molecule has 0 aromatic heterocycles. The summed E-state index contributed by atoms with van der Waals surface area (Å²) in [7, 11) is 4.57. The van der Waals surface area contributed by atoms with E-state index in [9.17, 15) is 9.59 Å². The monoisotopic (exact) mass is 398 g/mol. The van der Waals surface area contributed by atoms with Gasteiger partial charge in [-0.3, -0.25) is 9.59 Å². The Morgan fingerprint density at radius 2 is 1.72 bits per heavy atom. The van der Waals surface area contributed by atoms with Crippen molar-refractivity contribution in [3.63, 3.8) is 0 Å². The molecule has 29 heavy (non-hydrogen) atoms. The second kappa shape index (κ2) is 9.32. The summed E-state index contributed by atoms with van der Waals surface area (Å²) in [5.41, 5.74) is 1.78. The van der Waals surface area contributed by atoms with Crippen molar-refractivity contribution in [3.8, 4) is 17.2 Å². The molecule has 0 saturated carbocycles. The van der Waals surface area contributed by atoms with Gasteiger partial charge in [0.15, 0.2) is 11.5 Å². The molecule has 3 rings (SSSR count). The average Bonchev–Trinajstić information content (AvgIpc) is 3.15. The van der Waals surface area contributed by atoms with E-state index in [4.69, 9.17) is 14.2 Å². The van der Waals surface area contributed by atoms with Gasteiger partial charge in [0.1, 0.15) is 0 Å². The second-order valence-electron chi connectivity index (χ2n) is 6.82. The van der Waals surface area contributed by atoms with Gasteiger partial charge in [0.2, 0.25) is 17.6 Å². The summed E-state index contributed by atoms with van der Waals surface area (Å²) in [6, 6.07) is 13.4. The fourth-order valence-corrected chi connectivity index (χ4v) is 3.47. The highest BCUT2D eigenvalue weighted by molar-refractivity contribution is 6.00. The predicted octanol–water partition coefficient (Wildman–Crippen LogP) is 2.42. The van der Waals surface area contributed by atoms with Crippen molar-refractivity contribution in [2.24, 2.45) is 5.92 Å². The maximum atomic E-state index is 12.6. The average molecular weight is 398 g/mol. The number of ether oxygens (including phenoxy) is 3. The van der Waals surface area contributed by atoms with Gasteiger partial charge in [0, 0.05) is 31.6 Å². The van der Waals surface area contributed by atoms with Crippen LogP contribution in [0.15, 0.2) is 42.5 Å². The van der Waals surface area contributed by atoms with E-state index in [0.717, 1.165) is 12.0 Å². The van der Waals surface area contributed by atoms with Crippen LogP contribution in [0.1, 0.15) is 12.0 Å². The number of benzene rings is 2. The van der Waals surface area contributed by atoms with Crippen LogP contribution in [0.5, 0.6) is 17.2 Å². The normalized spacial score (nSPS) is 15.9. The Balaban J connectivity index is 1.66. The lowest BCUT2D eigenvalue weighted by Gasteiger charge is -2.20. The van der Waals surface area contributed by atoms with Crippen LogP contribution in [-0.4, -0.2) is 46.2 Å². The molecule has 0 radical (unpaired) electrons. The summed E-state index contributed by atoms with van der Waals surface area (Å²) >= 11 is 0. The van der Waals surface area contributed by atoms with E-state index in [0.29, 0.717) is 36.0 Å². The molecule has 1 unspecified atom stereocenters. The number of rotatable bonds is 8. The highest BCUT2D eigenvalue weighted by Gasteiger charge is 2.35. The zero-order valence-electron chi connectivity index (χ0n) is 16.9. The Morgan fingerprint density at radius 1 is 1.07 bits per heavy atom. The van der Waals surface area contributed by atoms with Crippen LogP contribution in [-0.2, 0) is 16.0 Å². The van der Waals surface area contributed by atoms with Gasteiger partial charge in [-0.2, -0.15) is 0 Å². The Labute approximate surface area is 170 Å². The van der Waals surface area contributed by atoms with Crippen LogP contribution in [0.4, 0.5) is 5.69 Å². The SMILES string of the molecule is COc1cc(N2CC(C(=O)NCCc3ccccc3)CC2=O)cc(OC)c1OC. The molecule has 0 spiro atoms. The van der Waals surface area contributed by atoms with Gasteiger partial charge >= 0.3 is 0 Å². The number of methoxy groups -OCH3 is 3. The van der Waals surface area contributed by atoms with E-state index in [1.54, 1.807) is 17.0 Å². The van der Waals surface area contributed by atoms with Crippen molar-refractivity contribution in [1.82, 2.24) is 5.32 Å². The summed E-state index contributed by atoms with van der Waals surface area (Å²) in [6.45, 7) is 0.854. The summed E-state index contributed by atoms with van der Waals surface area (Å²) in [5, 5.41) is 2.94. The summed E-state index contributed by atoms with van der Waals surface area (Å²) in [6.07, 6.45) is 0.928. The molecule has 0 aliphatic carbocycles. The molecule has 7 nitrogen and oxygen atoms in total. The van der Waals surface area contributed by atoms with E-state index in [1.807, 2.05) is 30.3 Å². The lowest BCUT2D eigenvalue weighted by atomic mass is 10.1. The Bertz CT molecular complexity index is 844. The van der Waals surface area contributed by atoms with Crippen molar-refractivity contribution in [3.05, 3.63) is 48.0 Å². The number of amides is 2. The molecule has 1 aliphatic heterocycles. The minimum atomic E-state index is -0.391. The van der Waals surface area contributed by atoms with E-state index < -0.39 is 5.92 Å². The lowest BCUT2D eigenvalue weighted by molar-refractivity contribution is -0.126. The van der Waals surface area contributed by atoms with Crippen molar-refractivity contribution in [2.75, 3.05) is 39.3 Å². The minimum absolute atomic E-state index is 0.107. The van der Waals surface area contributed by atoms with Crippen LogP contribution in [0.3, 0.4) is 0 Å². The largest absolute Gasteiger partial charge is 0.493 e. The molecule has 1 N–H and O–H groups in total. The number of carbonyl (C=O) groups is 2. The fraction of sp³-hybridized carbons (Fsp3) is 0.364. The van der Waals surface area contributed by atoms with E-state index in [1.165, 1.54) is 21.3 Å². The third kappa shape index (κ3) is 4.62. The molecule has 2 aromatic carbocycles. The van der Waals surface area contributed by atoms with Crippen LogP contribution in [0, 0.1) is 5.92 Å². The van der Waals surface area contributed by atoms with Gasteiger partial charge in [-0.1, -0.05) is 30.3 Å². The Kier molecular flexibility index (Phi) is 6.59. The van der Waals surface area contributed by atoms with Gasteiger partial charge in [-0.25, -0.2) is 0 Å². The molecule has 1 fully saturated rings. The van der Waals surface area contributed by atoms with Crippen molar-refractivity contribution < 1.29 is 23.8 Å². The quantitative estimate of drug-likeness (QED) is 0.739. The molecule has 0 bridgehead atoms. The first-order valence-electron chi connectivity index (χ1n) is 9.49. The van der Waals surface area contributed by atoms with Gasteiger partial charge in [0.25, 0.3) is 0 Å². The standard InChI is InChI=1S/C22H26N2O5/c1-27-18-12-17(13-19(28-2)21(18)29-3)24-14-16(11-20(24)25)22(26)23-10-9-15-7-5-4-6-8-15/h4-8,12-13,16H,9-11,14H2,1-3H3,(H,23,26). The predicted molar refractivity (Wildman–Crippen MR) is 110 cm³/mol. The topological polar surface area (TPSA) is 77.1 Å². The Hall–Kier alpha value is -3.22. The van der Waals surface area contributed by atoms with Crippen LogP contribution in [0.2, 0.25) is 0 Å². The first-order chi connectivity index (χ1) is 14.1. The van der Waals surface area contributed by atoms with Crippen molar-refractivity contribution >= 4 is 17.5 Å². The number of anilines is 1. The maximum absolute atomic E-state index is 12.6. The summed E-state index contributed by atoms with van der Waals surface area (Å²) in [5.74, 6) is 0.778. The molecule has 2 aromatic rings. The van der Waals surface area contributed by atoms with Crippen molar-refractivity contribution in [1.29, 1.82) is 0 Å². The fourth-order valence-electron chi connectivity index (χ4n) is 3.47. The summed E-state index contributed by atoms with van der Waals surface area (Å²) in [4.78, 5) is 26.7. The van der Waals surface area contributed by atoms with Crippen LogP contribution >= 0.6 is 0 Å². The van der Waals surface area contributed by atoms with E-state index in [-0.39, 0.29) is 18.2 Å². The molecule has 2 amide bonds. The molecule has 1 atom stereocenters. The van der Waals surface area contributed by atoms with E-state index in [2.05, 4.69) is 5.32 Å². The molecule has 1 saturated heterocycles. The number of hydrogen-bond acceptors (Lipinski definition) is 5. The maximum Gasteiger partial charge on any atom is 0.227 e. The number of hydrogen-bond donors (Lipinski definition) is 1. The molecular formula is C22H26N2O5. The van der Waals surface area contributed by atoms with Crippen LogP contribution in [0.25, 0.3) is 0 Å². The van der Waals surface area contributed by atoms with Gasteiger partial charge < -0.3 is 24.4 Å². The molecule has 154 valence electrons. The van der Waals surface area contributed by atoms with Crippen molar-refractivity contribution in [2.45, 2.75) is 12.8 Å². The highest BCUT2D eigenvalue weighted by atomic mass is 16.5. The van der Waals surface area contributed by atoms with E-state index >= 15 is 0 Å². The Morgan fingerprint density at radius 3 is 2.31 bits per heavy atom. The minimum Gasteiger partial charge on any atom is -0.493 e. The first kappa shape index (κ1) is 20.5. The zero-order chi connectivity index (χ0) is 20.8. The molecule has 1 heterocycles. The number of nitrogens with one attached hydrogen (secondary N) is 1. The first-order valence-corrected chi connectivity index (χ1v) is 9.49. The highest BCUT2D eigenvalue weighted by Crippen LogP contribution is 2.42. The molecule has 1 aliphatic rings. The third-order valence-electron chi connectivity index (χ3n) is 5.01. The zero-order valence-corrected chi connectivity index (χ0v) is 16.9. The molecular weight excluding hydrogens is 372 g/mol. The lowest BCUT2D eigenvalue weighted by Crippen LogP contribution is -2.34. The smallest absolute Gasteiger partial charge is 0.227 e. The second-order valence-corrected chi connectivity index (χ2v) is 6.82. The number of nitrogens with zero attached hydrogens (tertiary/aromatic N) is 1. The summed E-state index contributed by atoms with van der Waals surface area (Å²) < 4.78 is 16.0. The van der Waals surface area contributed by atoms with Crippen LogP contribution < -0.4 is 24.4 Å². The molecule has 7 heteroatoms. The van der Waals surface area contributed by atoms with Gasteiger partial charge in [-0.05, 0) is 12.0 Å².